The summed E-state index contributed by atoms with van der Waals surface area (Å²) in [5.74, 6) is -2.73. The van der Waals surface area contributed by atoms with Crippen LogP contribution >= 0.6 is 11.6 Å². The van der Waals surface area contributed by atoms with Gasteiger partial charge in [-0.15, -0.1) is 0 Å². The number of amides is 1. The van der Waals surface area contributed by atoms with Crippen LogP contribution in [0.25, 0.3) is 0 Å². The van der Waals surface area contributed by atoms with Gasteiger partial charge < -0.3 is 5.32 Å². The molecule has 2 rings (SSSR count). The minimum absolute atomic E-state index is 0.0809. The number of anilines is 1. The maximum Gasteiger partial charge on any atom is 0.249 e. The first-order valence-electron chi connectivity index (χ1n) is 6.96. The Labute approximate surface area is 138 Å². The van der Waals surface area contributed by atoms with E-state index in [1.165, 1.54) is 18.5 Å². The normalized spacial score (nSPS) is 11.8. The van der Waals surface area contributed by atoms with Crippen molar-refractivity contribution in [3.8, 4) is 6.07 Å². The number of benzene rings is 1. The molecule has 23 heavy (non-hydrogen) atoms. The Morgan fingerprint density at radius 2 is 2.13 bits per heavy atom. The lowest BCUT2D eigenvalue weighted by molar-refractivity contribution is -0.117. The van der Waals surface area contributed by atoms with Crippen LogP contribution in [0.4, 0.5) is 5.69 Å². The lowest BCUT2D eigenvalue weighted by atomic mass is 10.0. The van der Waals surface area contributed by atoms with Crippen LogP contribution in [0.15, 0.2) is 36.7 Å². The van der Waals surface area contributed by atoms with Gasteiger partial charge in [0, 0.05) is 22.9 Å². The number of hydrogen-bond donors (Lipinski definition) is 1. The largest absolute Gasteiger partial charge is 0.324 e. The van der Waals surface area contributed by atoms with Crippen molar-refractivity contribution >= 4 is 29.0 Å². The highest BCUT2D eigenvalue weighted by Crippen LogP contribution is 2.17. The zero-order valence-corrected chi connectivity index (χ0v) is 13.4. The molecule has 118 valence electrons. The van der Waals surface area contributed by atoms with Crippen LogP contribution in [0, 0.1) is 17.2 Å². The number of ketones is 1. The molecule has 0 fully saturated rings. The fourth-order valence-electron chi connectivity index (χ4n) is 1.93. The van der Waals surface area contributed by atoms with Gasteiger partial charge in [0.1, 0.15) is 0 Å². The molecule has 0 saturated carbocycles. The molecule has 1 N–H and O–H groups in total. The summed E-state index contributed by atoms with van der Waals surface area (Å²) in [6.45, 7) is 3.82. The van der Waals surface area contributed by atoms with Gasteiger partial charge in [0.05, 0.1) is 17.8 Å². The zero-order valence-electron chi connectivity index (χ0n) is 12.7. The molecular formula is C16H15ClN4O2. The van der Waals surface area contributed by atoms with Gasteiger partial charge in [-0.1, -0.05) is 17.7 Å². The highest BCUT2D eigenvalue weighted by molar-refractivity contribution is 6.31. The number of nitriles is 1. The Morgan fingerprint density at radius 1 is 1.39 bits per heavy atom. The number of carbonyl (C=O) groups is 2. The number of carbonyl (C=O) groups excluding carboxylic acids is 2. The zero-order chi connectivity index (χ0) is 17.0. The van der Waals surface area contributed by atoms with Crippen molar-refractivity contribution in [2.75, 3.05) is 5.32 Å². The number of nitrogens with zero attached hydrogens (tertiary/aromatic N) is 3. The molecule has 1 heterocycles. The van der Waals surface area contributed by atoms with Crippen molar-refractivity contribution in [3.63, 3.8) is 0 Å². The third kappa shape index (κ3) is 3.96. The molecule has 0 aliphatic carbocycles. The van der Waals surface area contributed by atoms with Gasteiger partial charge in [-0.2, -0.15) is 10.4 Å². The van der Waals surface area contributed by atoms with Crippen molar-refractivity contribution in [2.24, 2.45) is 5.92 Å². The summed E-state index contributed by atoms with van der Waals surface area (Å²) < 4.78 is 1.59. The Bertz CT molecular complexity index is 776. The van der Waals surface area contributed by atoms with E-state index in [4.69, 9.17) is 11.6 Å². The molecule has 0 spiro atoms. The number of halogens is 1. The van der Waals surface area contributed by atoms with Gasteiger partial charge in [-0.3, -0.25) is 14.3 Å². The van der Waals surface area contributed by atoms with Crippen LogP contribution in [-0.2, 0) is 4.79 Å². The van der Waals surface area contributed by atoms with E-state index in [0.29, 0.717) is 10.7 Å². The first-order valence-corrected chi connectivity index (χ1v) is 7.34. The third-order valence-corrected chi connectivity index (χ3v) is 3.40. The number of rotatable bonds is 5. The summed E-state index contributed by atoms with van der Waals surface area (Å²) in [7, 11) is 0. The lowest BCUT2D eigenvalue weighted by Gasteiger charge is -2.09. The minimum atomic E-state index is -1.45. The lowest BCUT2D eigenvalue weighted by Crippen LogP contribution is -2.28. The van der Waals surface area contributed by atoms with E-state index >= 15 is 0 Å². The van der Waals surface area contributed by atoms with Crippen LogP contribution in [-0.4, -0.2) is 21.5 Å². The maximum absolute atomic E-state index is 12.3. The van der Waals surface area contributed by atoms with E-state index in [1.54, 1.807) is 29.0 Å². The van der Waals surface area contributed by atoms with Crippen molar-refractivity contribution in [2.45, 2.75) is 19.9 Å². The monoisotopic (exact) mass is 330 g/mol. The predicted molar refractivity (Wildman–Crippen MR) is 86.1 cm³/mol. The average molecular weight is 331 g/mol. The topological polar surface area (TPSA) is 87.8 Å². The van der Waals surface area contributed by atoms with Crippen molar-refractivity contribution < 1.29 is 9.59 Å². The van der Waals surface area contributed by atoms with Gasteiger partial charge in [0.15, 0.2) is 11.7 Å². The molecule has 0 aliphatic heterocycles. The highest BCUT2D eigenvalue weighted by Gasteiger charge is 2.28. The quantitative estimate of drug-likeness (QED) is 0.674. The molecule has 7 heteroatoms. The third-order valence-electron chi connectivity index (χ3n) is 3.16. The molecule has 0 saturated heterocycles. The van der Waals surface area contributed by atoms with E-state index in [9.17, 15) is 14.9 Å². The first-order chi connectivity index (χ1) is 10.9. The Hall–Kier alpha value is -2.65. The Kier molecular flexibility index (Phi) is 5.14. The van der Waals surface area contributed by atoms with Gasteiger partial charge in [0.2, 0.25) is 5.91 Å². The molecule has 0 aliphatic rings. The van der Waals surface area contributed by atoms with E-state index in [2.05, 4.69) is 10.4 Å². The van der Waals surface area contributed by atoms with E-state index in [0.717, 1.165) is 0 Å². The number of nitrogens with one attached hydrogen (secondary N) is 1. The molecule has 1 atom stereocenters. The number of hydrogen-bond acceptors (Lipinski definition) is 4. The summed E-state index contributed by atoms with van der Waals surface area (Å²) in [6, 6.07) is 8.30. The molecule has 0 unspecified atom stereocenters. The fourth-order valence-corrected chi connectivity index (χ4v) is 2.12. The van der Waals surface area contributed by atoms with Crippen molar-refractivity contribution in [3.05, 3.63) is 47.2 Å². The summed E-state index contributed by atoms with van der Waals surface area (Å²) >= 11 is 5.84. The fraction of sp³-hybridized carbons (Fsp3) is 0.250. The molecule has 0 bridgehead atoms. The summed E-state index contributed by atoms with van der Waals surface area (Å²) in [4.78, 5) is 24.5. The maximum atomic E-state index is 12.3. The molecule has 1 aromatic heterocycles. The van der Waals surface area contributed by atoms with Crippen LogP contribution < -0.4 is 5.32 Å². The van der Waals surface area contributed by atoms with Gasteiger partial charge >= 0.3 is 0 Å². The van der Waals surface area contributed by atoms with Crippen molar-refractivity contribution in [1.29, 1.82) is 5.26 Å². The van der Waals surface area contributed by atoms with E-state index < -0.39 is 17.6 Å². The van der Waals surface area contributed by atoms with Gasteiger partial charge in [-0.25, -0.2) is 0 Å². The summed E-state index contributed by atoms with van der Waals surface area (Å²) in [5, 5.41) is 16.2. The molecule has 2 aromatic rings. The molecule has 1 aromatic carbocycles. The average Bonchev–Trinajstić information content (AvgIpc) is 2.97. The standard InChI is InChI=1S/C16H15ClN4O2/c1-10(2)21-9-11(8-19-21)15(22)14(7-18)16(23)20-13-5-3-4-12(17)6-13/h3-6,8-10,14H,1-2H3,(H,20,23)/t14-/m1/s1. The highest BCUT2D eigenvalue weighted by atomic mass is 35.5. The Balaban J connectivity index is 2.16. The summed E-state index contributed by atoms with van der Waals surface area (Å²) in [5.41, 5.74) is 0.653. The van der Waals surface area contributed by atoms with Crippen LogP contribution in [0.5, 0.6) is 0 Å². The minimum Gasteiger partial charge on any atom is -0.324 e. The molecule has 1 amide bonds. The number of Topliss-reactive ketones (excluding diaryl/α,β-unsaturated/α-hetero) is 1. The van der Waals surface area contributed by atoms with Crippen LogP contribution in [0.1, 0.15) is 30.2 Å². The SMILES string of the molecule is CC(C)n1cc(C(=O)[C@@H](C#N)C(=O)Nc2cccc(Cl)c2)cn1. The van der Waals surface area contributed by atoms with Crippen LogP contribution in [0.2, 0.25) is 5.02 Å². The van der Waals surface area contributed by atoms with Crippen LogP contribution in [0.3, 0.4) is 0 Å². The smallest absolute Gasteiger partial charge is 0.249 e. The second-order valence-electron chi connectivity index (χ2n) is 5.23. The molecule has 0 radical (unpaired) electrons. The number of aromatic nitrogens is 2. The van der Waals surface area contributed by atoms with E-state index in [-0.39, 0.29) is 11.6 Å². The molecular weight excluding hydrogens is 316 g/mol. The van der Waals surface area contributed by atoms with E-state index in [1.807, 2.05) is 13.8 Å². The summed E-state index contributed by atoms with van der Waals surface area (Å²) in [6.07, 6.45) is 2.89. The predicted octanol–water partition coefficient (Wildman–Crippen LogP) is 3.08. The second kappa shape index (κ2) is 7.07. The van der Waals surface area contributed by atoms with Crippen molar-refractivity contribution in [1.82, 2.24) is 9.78 Å². The molecule has 6 nitrogen and oxygen atoms in total. The van der Waals surface area contributed by atoms with Gasteiger partial charge in [-0.05, 0) is 32.0 Å². The second-order valence-corrected chi connectivity index (χ2v) is 5.67. The van der Waals surface area contributed by atoms with Gasteiger partial charge in [0.25, 0.3) is 0 Å². The first kappa shape index (κ1) is 16.7. The Morgan fingerprint density at radius 3 is 2.70 bits per heavy atom.